The van der Waals surface area contributed by atoms with Gasteiger partial charge in [0.25, 0.3) is 17.2 Å². The number of rotatable bonds is 10. The Morgan fingerprint density at radius 2 is 1.86 bits per heavy atom. The Balaban J connectivity index is 2.10. The van der Waals surface area contributed by atoms with Crippen LogP contribution in [0.25, 0.3) is 0 Å². The zero-order chi connectivity index (χ0) is 27.3. The molecular formula is C24H30FN7O4S. The summed E-state index contributed by atoms with van der Waals surface area (Å²) in [5.74, 6) is 0.151. The Kier molecular flexibility index (Phi) is 9.08. The van der Waals surface area contributed by atoms with E-state index in [1.54, 1.807) is 26.0 Å². The van der Waals surface area contributed by atoms with Gasteiger partial charge in [0.15, 0.2) is 0 Å². The van der Waals surface area contributed by atoms with Crippen LogP contribution in [-0.4, -0.2) is 43.3 Å². The van der Waals surface area contributed by atoms with Gasteiger partial charge in [-0.25, -0.2) is 29.0 Å². The minimum absolute atomic E-state index is 0.0983. The van der Waals surface area contributed by atoms with Crippen molar-refractivity contribution in [2.75, 3.05) is 28.6 Å². The van der Waals surface area contributed by atoms with E-state index >= 15 is 0 Å². The number of benzene rings is 1. The van der Waals surface area contributed by atoms with Crippen molar-refractivity contribution in [2.45, 2.75) is 40.5 Å². The van der Waals surface area contributed by atoms with Crippen molar-refractivity contribution in [1.29, 1.82) is 0 Å². The second-order valence-corrected chi connectivity index (χ2v) is 9.45. The third kappa shape index (κ3) is 6.96. The third-order valence-electron chi connectivity index (χ3n) is 5.26. The molecule has 198 valence electrons. The van der Waals surface area contributed by atoms with Crippen LogP contribution in [0.1, 0.15) is 54.1 Å². The molecular weight excluding hydrogens is 501 g/mol. The Morgan fingerprint density at radius 1 is 1.14 bits per heavy atom. The van der Waals surface area contributed by atoms with E-state index in [1.807, 2.05) is 20.8 Å². The molecule has 1 unspecified atom stereocenters. The molecule has 0 bridgehead atoms. The Labute approximate surface area is 217 Å². The van der Waals surface area contributed by atoms with Gasteiger partial charge in [0.1, 0.15) is 23.3 Å². The van der Waals surface area contributed by atoms with Gasteiger partial charge in [-0.15, -0.1) is 0 Å². The smallest absolute Gasteiger partial charge is 0.278 e. The van der Waals surface area contributed by atoms with Gasteiger partial charge in [-0.1, -0.05) is 13.8 Å². The maximum Gasteiger partial charge on any atom is 0.278 e. The Hall–Kier alpha value is -3.68. The fraction of sp³-hybridized carbons (Fsp3) is 0.333. The first-order chi connectivity index (χ1) is 17.5. The van der Waals surface area contributed by atoms with Crippen molar-refractivity contribution >= 4 is 45.9 Å². The standard InChI is InChI=1S/C24H30FN7O4S/c1-7-36-31-24(33)17-12-26-22(30-23-8-14(4)27-15(5)28-23)11-19(17)29-20-10-18(25)16(13(2)3)9-21(20)32(6)37(34)35/h8-13H,7H2,1-6H3,(H,31,33)(H,34,35)(H2,26,27,28,29,30). The number of carbonyl (C=O) groups is 1. The monoisotopic (exact) mass is 531 g/mol. The quantitative estimate of drug-likeness (QED) is 0.220. The molecule has 0 aliphatic carbocycles. The summed E-state index contributed by atoms with van der Waals surface area (Å²) in [7, 11) is 1.40. The number of nitrogens with zero attached hydrogens (tertiary/aromatic N) is 4. The number of carbonyl (C=O) groups excluding carboxylic acids is 1. The van der Waals surface area contributed by atoms with Crippen molar-refractivity contribution in [2.24, 2.45) is 0 Å². The fourth-order valence-corrected chi connectivity index (χ4v) is 3.84. The molecule has 11 nitrogen and oxygen atoms in total. The van der Waals surface area contributed by atoms with Gasteiger partial charge in [0, 0.05) is 31.1 Å². The predicted molar refractivity (Wildman–Crippen MR) is 141 cm³/mol. The summed E-state index contributed by atoms with van der Waals surface area (Å²) in [6.45, 7) is 9.19. The molecule has 0 saturated carbocycles. The zero-order valence-corrected chi connectivity index (χ0v) is 22.2. The first-order valence-electron chi connectivity index (χ1n) is 11.5. The van der Waals surface area contributed by atoms with Crippen LogP contribution in [-0.2, 0) is 16.1 Å². The summed E-state index contributed by atoms with van der Waals surface area (Å²) in [5.41, 5.74) is 4.22. The number of amides is 1. The summed E-state index contributed by atoms with van der Waals surface area (Å²) in [6, 6.07) is 6.01. The highest BCUT2D eigenvalue weighted by atomic mass is 32.2. The van der Waals surface area contributed by atoms with Crippen molar-refractivity contribution in [3.63, 3.8) is 0 Å². The van der Waals surface area contributed by atoms with E-state index in [4.69, 9.17) is 4.84 Å². The number of anilines is 5. The van der Waals surface area contributed by atoms with Gasteiger partial charge in [0.2, 0.25) is 0 Å². The van der Waals surface area contributed by atoms with E-state index in [0.717, 1.165) is 10.00 Å². The third-order valence-corrected chi connectivity index (χ3v) is 5.93. The molecule has 0 radical (unpaired) electrons. The average molecular weight is 532 g/mol. The van der Waals surface area contributed by atoms with Crippen molar-refractivity contribution in [3.05, 3.63) is 58.9 Å². The summed E-state index contributed by atoms with van der Waals surface area (Å²) in [6.07, 6.45) is 1.33. The van der Waals surface area contributed by atoms with Crippen LogP contribution in [0.5, 0.6) is 0 Å². The minimum atomic E-state index is -2.38. The number of aromatic nitrogens is 3. The lowest BCUT2D eigenvalue weighted by Crippen LogP contribution is -2.25. The molecule has 2 heterocycles. The molecule has 1 aromatic carbocycles. The number of hydrogen-bond donors (Lipinski definition) is 4. The summed E-state index contributed by atoms with van der Waals surface area (Å²) < 4.78 is 37.7. The average Bonchev–Trinajstić information content (AvgIpc) is 2.81. The van der Waals surface area contributed by atoms with Gasteiger partial charge in [-0.3, -0.25) is 18.5 Å². The summed E-state index contributed by atoms with van der Waals surface area (Å²) in [5, 5.41) is 6.11. The van der Waals surface area contributed by atoms with E-state index in [1.165, 1.54) is 25.4 Å². The van der Waals surface area contributed by atoms with Crippen LogP contribution in [0.3, 0.4) is 0 Å². The van der Waals surface area contributed by atoms with Crippen LogP contribution in [0, 0.1) is 19.7 Å². The molecule has 2 aromatic heterocycles. The summed E-state index contributed by atoms with van der Waals surface area (Å²) >= 11 is -2.38. The SMILES string of the molecule is CCONC(=O)c1cnc(Nc2cc(C)nc(C)n2)cc1Nc1cc(F)c(C(C)C)cc1N(C)S(=O)O. The van der Waals surface area contributed by atoms with Gasteiger partial charge in [0.05, 0.1) is 29.2 Å². The van der Waals surface area contributed by atoms with Crippen molar-refractivity contribution in [1.82, 2.24) is 20.4 Å². The van der Waals surface area contributed by atoms with Crippen LogP contribution in [0.2, 0.25) is 0 Å². The number of aryl methyl sites for hydroxylation is 2. The van der Waals surface area contributed by atoms with Crippen LogP contribution in [0.15, 0.2) is 30.5 Å². The van der Waals surface area contributed by atoms with Gasteiger partial charge in [-0.2, -0.15) is 0 Å². The molecule has 3 rings (SSSR count). The molecule has 0 fully saturated rings. The highest BCUT2D eigenvalue weighted by molar-refractivity contribution is 7.80. The first kappa shape index (κ1) is 27.9. The minimum Gasteiger partial charge on any atom is -0.353 e. The lowest BCUT2D eigenvalue weighted by molar-refractivity contribution is 0.0365. The molecule has 1 amide bonds. The molecule has 4 N–H and O–H groups in total. The number of hydrogen-bond acceptors (Lipinski definition) is 8. The zero-order valence-electron chi connectivity index (χ0n) is 21.4. The molecule has 0 saturated heterocycles. The molecule has 0 aliphatic rings. The van der Waals surface area contributed by atoms with Crippen molar-refractivity contribution < 1.29 is 22.8 Å². The number of pyridine rings is 1. The molecule has 13 heteroatoms. The van der Waals surface area contributed by atoms with E-state index in [-0.39, 0.29) is 35.2 Å². The molecule has 0 aliphatic heterocycles. The van der Waals surface area contributed by atoms with Gasteiger partial charge >= 0.3 is 0 Å². The number of hydroxylamine groups is 1. The molecule has 0 spiro atoms. The van der Waals surface area contributed by atoms with E-state index in [9.17, 15) is 17.9 Å². The highest BCUT2D eigenvalue weighted by Gasteiger charge is 2.21. The lowest BCUT2D eigenvalue weighted by atomic mass is 10.0. The topological polar surface area (TPSA) is 142 Å². The molecule has 1 atom stereocenters. The van der Waals surface area contributed by atoms with Gasteiger partial charge in [-0.05, 0) is 44.4 Å². The highest BCUT2D eigenvalue weighted by Crippen LogP contribution is 2.35. The van der Waals surface area contributed by atoms with Crippen LogP contribution < -0.4 is 20.4 Å². The maximum absolute atomic E-state index is 15.0. The number of halogens is 1. The predicted octanol–water partition coefficient (Wildman–Crippen LogP) is 4.49. The van der Waals surface area contributed by atoms with Crippen LogP contribution >= 0.6 is 0 Å². The molecule has 37 heavy (non-hydrogen) atoms. The Morgan fingerprint density at radius 3 is 2.49 bits per heavy atom. The van der Waals surface area contributed by atoms with Crippen molar-refractivity contribution in [3.8, 4) is 0 Å². The fourth-order valence-electron chi connectivity index (χ4n) is 3.52. The van der Waals surface area contributed by atoms with E-state index in [0.29, 0.717) is 23.0 Å². The second-order valence-electron chi connectivity index (χ2n) is 8.44. The van der Waals surface area contributed by atoms with Gasteiger partial charge < -0.3 is 10.6 Å². The largest absolute Gasteiger partial charge is 0.353 e. The van der Waals surface area contributed by atoms with E-state index in [2.05, 4.69) is 31.1 Å². The van der Waals surface area contributed by atoms with E-state index < -0.39 is 23.0 Å². The van der Waals surface area contributed by atoms with Crippen LogP contribution in [0.4, 0.5) is 33.1 Å². The Bertz CT molecular complexity index is 1300. The second kappa shape index (κ2) is 12.0. The summed E-state index contributed by atoms with van der Waals surface area (Å²) in [4.78, 5) is 30.7. The number of nitrogens with one attached hydrogen (secondary N) is 3. The lowest BCUT2D eigenvalue weighted by Gasteiger charge is -2.22. The first-order valence-corrected chi connectivity index (χ1v) is 12.5. The maximum atomic E-state index is 15.0. The molecule has 3 aromatic rings. The normalized spacial score (nSPS) is 11.8.